The van der Waals surface area contributed by atoms with E-state index in [0.29, 0.717) is 19.3 Å². The van der Waals surface area contributed by atoms with Gasteiger partial charge in [-0.15, -0.1) is 12.3 Å². The average Bonchev–Trinajstić information content (AvgIpc) is 2.31. The lowest BCUT2D eigenvalue weighted by molar-refractivity contribution is 0.0573. The molecule has 3 heteroatoms. The number of unbranched alkanes of at least 4 members (excludes halogenated alkanes) is 1. The summed E-state index contributed by atoms with van der Waals surface area (Å²) in [4.78, 5) is 0. The molecule has 0 rings (SSSR count). The molecule has 0 amide bonds. The van der Waals surface area contributed by atoms with Crippen molar-refractivity contribution in [2.45, 2.75) is 38.6 Å². The largest absolute Gasteiger partial charge is 0.382 e. The number of nitrogens with one attached hydrogen (secondary N) is 1. The van der Waals surface area contributed by atoms with Crippen LogP contribution in [0.25, 0.3) is 0 Å². The van der Waals surface area contributed by atoms with Gasteiger partial charge in [0.15, 0.2) is 0 Å². The summed E-state index contributed by atoms with van der Waals surface area (Å²) in [5.41, 5.74) is 0. The fourth-order valence-corrected chi connectivity index (χ4v) is 1.41. The summed E-state index contributed by atoms with van der Waals surface area (Å²) < 4.78 is 10.5. The van der Waals surface area contributed by atoms with Crippen molar-refractivity contribution in [2.75, 3.05) is 33.5 Å². The van der Waals surface area contributed by atoms with Gasteiger partial charge in [-0.3, -0.25) is 0 Å². The lowest BCUT2D eigenvalue weighted by Crippen LogP contribution is -2.34. The lowest BCUT2D eigenvalue weighted by atomic mass is 10.1. The highest BCUT2D eigenvalue weighted by Gasteiger charge is 2.06. The lowest BCUT2D eigenvalue weighted by Gasteiger charge is -2.18. The third-order valence-corrected chi connectivity index (χ3v) is 2.31. The van der Waals surface area contributed by atoms with E-state index in [1.54, 1.807) is 7.11 Å². The normalized spacial score (nSPS) is 12.3. The van der Waals surface area contributed by atoms with Gasteiger partial charge in [0, 0.05) is 19.6 Å². The molecule has 3 nitrogen and oxygen atoms in total. The van der Waals surface area contributed by atoms with Crippen LogP contribution in [0.4, 0.5) is 0 Å². The average molecular weight is 227 g/mol. The minimum absolute atomic E-state index is 0.421. The van der Waals surface area contributed by atoms with E-state index in [9.17, 15) is 0 Å². The standard InChI is InChI=1S/C13H25NO2/c1-4-6-7-8-13(14-9-5-2)12-16-11-10-15-3/h1,13-14H,5-12H2,2-3H3. The first-order valence-corrected chi connectivity index (χ1v) is 6.08. The van der Waals surface area contributed by atoms with Crippen LogP contribution in [0.15, 0.2) is 0 Å². The van der Waals surface area contributed by atoms with E-state index < -0.39 is 0 Å². The van der Waals surface area contributed by atoms with Crippen LogP contribution < -0.4 is 5.32 Å². The van der Waals surface area contributed by atoms with Gasteiger partial charge in [0.1, 0.15) is 0 Å². The molecule has 0 radical (unpaired) electrons. The van der Waals surface area contributed by atoms with E-state index >= 15 is 0 Å². The van der Waals surface area contributed by atoms with E-state index in [-0.39, 0.29) is 0 Å². The highest BCUT2D eigenvalue weighted by Crippen LogP contribution is 2.01. The second-order valence-electron chi connectivity index (χ2n) is 3.82. The van der Waals surface area contributed by atoms with E-state index in [0.717, 1.165) is 38.8 Å². The van der Waals surface area contributed by atoms with Gasteiger partial charge in [-0.05, 0) is 25.8 Å². The Hall–Kier alpha value is -0.560. The molecule has 16 heavy (non-hydrogen) atoms. The molecule has 0 saturated heterocycles. The second kappa shape index (κ2) is 12.5. The molecule has 94 valence electrons. The molecule has 1 unspecified atom stereocenters. The van der Waals surface area contributed by atoms with Gasteiger partial charge in [-0.1, -0.05) is 6.92 Å². The summed E-state index contributed by atoms with van der Waals surface area (Å²) in [6.45, 7) is 5.26. The van der Waals surface area contributed by atoms with Gasteiger partial charge in [0.25, 0.3) is 0 Å². The molecule has 0 bridgehead atoms. The highest BCUT2D eigenvalue weighted by molar-refractivity contribution is 4.83. The van der Waals surface area contributed by atoms with E-state index in [1.165, 1.54) is 0 Å². The minimum Gasteiger partial charge on any atom is -0.382 e. The topological polar surface area (TPSA) is 30.5 Å². The molecule has 0 aromatic heterocycles. The zero-order valence-corrected chi connectivity index (χ0v) is 10.6. The summed E-state index contributed by atoms with van der Waals surface area (Å²) in [7, 11) is 1.68. The Labute approximate surface area is 99.9 Å². The number of hydrogen-bond acceptors (Lipinski definition) is 3. The van der Waals surface area contributed by atoms with Crippen molar-refractivity contribution in [3.8, 4) is 12.3 Å². The second-order valence-corrected chi connectivity index (χ2v) is 3.82. The monoisotopic (exact) mass is 227 g/mol. The van der Waals surface area contributed by atoms with Gasteiger partial charge in [-0.25, -0.2) is 0 Å². The Kier molecular flexibility index (Phi) is 12.1. The molecule has 0 aliphatic heterocycles. The first kappa shape index (κ1) is 15.4. The van der Waals surface area contributed by atoms with E-state index in [1.807, 2.05) is 0 Å². The fraction of sp³-hybridized carbons (Fsp3) is 0.846. The van der Waals surface area contributed by atoms with Crippen LogP contribution in [0.3, 0.4) is 0 Å². The van der Waals surface area contributed by atoms with Gasteiger partial charge in [0.05, 0.1) is 19.8 Å². The zero-order valence-electron chi connectivity index (χ0n) is 10.6. The Morgan fingerprint density at radius 2 is 2.19 bits per heavy atom. The molecule has 0 fully saturated rings. The maximum absolute atomic E-state index is 5.52. The predicted octanol–water partition coefficient (Wildman–Crippen LogP) is 1.82. The summed E-state index contributed by atoms with van der Waals surface area (Å²) >= 11 is 0. The van der Waals surface area contributed by atoms with Crippen molar-refractivity contribution in [3.63, 3.8) is 0 Å². The molecule has 0 heterocycles. The molecule has 0 aromatic carbocycles. The van der Waals surface area contributed by atoms with Crippen molar-refractivity contribution in [1.82, 2.24) is 5.32 Å². The maximum Gasteiger partial charge on any atom is 0.0701 e. The third kappa shape index (κ3) is 9.97. The summed E-state index contributed by atoms with van der Waals surface area (Å²) in [6, 6.07) is 0.421. The van der Waals surface area contributed by atoms with Crippen LogP contribution in [-0.4, -0.2) is 39.5 Å². The summed E-state index contributed by atoms with van der Waals surface area (Å²) in [5.74, 6) is 2.67. The molecular formula is C13H25NO2. The Balaban J connectivity index is 3.59. The quantitative estimate of drug-likeness (QED) is 0.431. The molecule has 1 atom stereocenters. The number of rotatable bonds is 11. The number of ether oxygens (including phenoxy) is 2. The van der Waals surface area contributed by atoms with Crippen molar-refractivity contribution >= 4 is 0 Å². The third-order valence-electron chi connectivity index (χ3n) is 2.31. The first-order chi connectivity index (χ1) is 7.85. The molecular weight excluding hydrogens is 202 g/mol. The van der Waals surface area contributed by atoms with Gasteiger partial charge in [0.2, 0.25) is 0 Å². The zero-order chi connectivity index (χ0) is 12.1. The fourth-order valence-electron chi connectivity index (χ4n) is 1.41. The van der Waals surface area contributed by atoms with Crippen LogP contribution in [0, 0.1) is 12.3 Å². The van der Waals surface area contributed by atoms with Gasteiger partial charge < -0.3 is 14.8 Å². The van der Waals surface area contributed by atoms with Gasteiger partial charge >= 0.3 is 0 Å². The van der Waals surface area contributed by atoms with Crippen LogP contribution in [0.1, 0.15) is 32.6 Å². The minimum atomic E-state index is 0.421. The number of hydrogen-bond donors (Lipinski definition) is 1. The summed E-state index contributed by atoms with van der Waals surface area (Å²) in [5, 5.41) is 3.47. The molecule has 0 aliphatic carbocycles. The number of terminal acetylenes is 1. The summed E-state index contributed by atoms with van der Waals surface area (Å²) in [6.07, 6.45) is 9.37. The van der Waals surface area contributed by atoms with E-state index in [4.69, 9.17) is 15.9 Å². The van der Waals surface area contributed by atoms with Gasteiger partial charge in [-0.2, -0.15) is 0 Å². The molecule has 1 N–H and O–H groups in total. The Morgan fingerprint density at radius 3 is 2.81 bits per heavy atom. The van der Waals surface area contributed by atoms with Crippen LogP contribution >= 0.6 is 0 Å². The SMILES string of the molecule is C#CCCCC(COCCOC)NCCC. The Morgan fingerprint density at radius 1 is 1.38 bits per heavy atom. The van der Waals surface area contributed by atoms with Crippen molar-refractivity contribution in [2.24, 2.45) is 0 Å². The van der Waals surface area contributed by atoms with Crippen LogP contribution in [0.2, 0.25) is 0 Å². The maximum atomic E-state index is 5.52. The Bertz CT molecular complexity index is 177. The first-order valence-electron chi connectivity index (χ1n) is 6.08. The van der Waals surface area contributed by atoms with Crippen LogP contribution in [-0.2, 0) is 9.47 Å². The number of methoxy groups -OCH3 is 1. The predicted molar refractivity (Wildman–Crippen MR) is 67.5 cm³/mol. The molecule has 0 spiro atoms. The van der Waals surface area contributed by atoms with Crippen LogP contribution in [0.5, 0.6) is 0 Å². The van der Waals surface area contributed by atoms with E-state index in [2.05, 4.69) is 18.2 Å². The molecule has 0 saturated carbocycles. The molecule has 0 aliphatic rings. The van der Waals surface area contributed by atoms with Crippen molar-refractivity contribution < 1.29 is 9.47 Å². The van der Waals surface area contributed by atoms with Crippen molar-refractivity contribution in [1.29, 1.82) is 0 Å². The molecule has 0 aromatic rings. The highest BCUT2D eigenvalue weighted by atomic mass is 16.5. The smallest absolute Gasteiger partial charge is 0.0701 e. The van der Waals surface area contributed by atoms with Crippen molar-refractivity contribution in [3.05, 3.63) is 0 Å².